The zero-order valence-electron chi connectivity index (χ0n) is 18.3. The van der Waals surface area contributed by atoms with Gasteiger partial charge in [0.1, 0.15) is 6.04 Å². The van der Waals surface area contributed by atoms with Crippen molar-refractivity contribution < 1.29 is 24.3 Å². The smallest absolute Gasteiger partial charge is 0.326 e. The molecule has 1 atom stereocenters. The van der Waals surface area contributed by atoms with E-state index in [4.69, 9.17) is 17.3 Å². The van der Waals surface area contributed by atoms with Crippen molar-refractivity contribution in [1.82, 2.24) is 10.6 Å². The molecule has 8 nitrogen and oxygen atoms in total. The number of carbonyl (C=O) groups excluding carboxylic acids is 3. The number of benzene rings is 2. The van der Waals surface area contributed by atoms with Crippen molar-refractivity contribution in [3.05, 3.63) is 70.6 Å². The molecule has 1 unspecified atom stereocenters. The number of aliphatic carboxylic acids is 1. The number of carboxylic acids is 1. The van der Waals surface area contributed by atoms with Gasteiger partial charge >= 0.3 is 5.97 Å². The third kappa shape index (κ3) is 6.30. The van der Waals surface area contributed by atoms with Crippen molar-refractivity contribution in [1.29, 1.82) is 0 Å². The van der Waals surface area contributed by atoms with Gasteiger partial charge in [0, 0.05) is 5.56 Å². The summed E-state index contributed by atoms with van der Waals surface area (Å²) < 4.78 is 0.347. The van der Waals surface area contributed by atoms with Crippen LogP contribution in [0, 0.1) is 0 Å². The molecule has 0 spiro atoms. The van der Waals surface area contributed by atoms with Crippen LogP contribution in [0.5, 0.6) is 0 Å². The molecule has 34 heavy (non-hydrogen) atoms. The van der Waals surface area contributed by atoms with Crippen molar-refractivity contribution in [2.75, 3.05) is 11.4 Å². The van der Waals surface area contributed by atoms with E-state index in [2.05, 4.69) is 10.6 Å². The van der Waals surface area contributed by atoms with Gasteiger partial charge in [0.15, 0.2) is 4.32 Å². The van der Waals surface area contributed by atoms with Gasteiger partial charge < -0.3 is 15.7 Å². The number of anilines is 1. The highest BCUT2D eigenvalue weighted by atomic mass is 32.2. The van der Waals surface area contributed by atoms with Crippen LogP contribution < -0.4 is 15.5 Å². The Bertz CT molecular complexity index is 1150. The average Bonchev–Trinajstić information content (AvgIpc) is 3.10. The first-order valence-corrected chi connectivity index (χ1v) is 11.8. The van der Waals surface area contributed by atoms with Gasteiger partial charge in [0.2, 0.25) is 5.91 Å². The summed E-state index contributed by atoms with van der Waals surface area (Å²) in [6.07, 6.45) is 2.64. The van der Waals surface area contributed by atoms with E-state index in [1.165, 1.54) is 22.7 Å². The molecule has 0 aromatic heterocycles. The minimum Gasteiger partial charge on any atom is -0.480 e. The highest BCUT2D eigenvalue weighted by molar-refractivity contribution is 8.27. The maximum atomic E-state index is 13.0. The highest BCUT2D eigenvalue weighted by Crippen LogP contribution is 2.36. The Morgan fingerprint density at radius 1 is 1.15 bits per heavy atom. The molecule has 0 radical (unpaired) electrons. The van der Waals surface area contributed by atoms with E-state index in [1.54, 1.807) is 24.3 Å². The third-order valence-corrected chi connectivity index (χ3v) is 6.18. The van der Waals surface area contributed by atoms with Crippen molar-refractivity contribution in [2.24, 2.45) is 0 Å². The number of carbonyl (C=O) groups is 4. The second kappa shape index (κ2) is 11.6. The molecule has 3 rings (SSSR count). The number of amides is 3. The molecule has 1 aliphatic rings. The Morgan fingerprint density at radius 2 is 1.88 bits per heavy atom. The number of thioether (sulfide) groups is 1. The lowest BCUT2D eigenvalue weighted by Crippen LogP contribution is -2.45. The molecule has 176 valence electrons. The molecule has 1 aliphatic heterocycles. The van der Waals surface area contributed by atoms with Crippen LogP contribution in [0.15, 0.2) is 59.5 Å². The minimum atomic E-state index is -1.13. The lowest BCUT2D eigenvalue weighted by atomic mass is 10.1. The topological polar surface area (TPSA) is 116 Å². The van der Waals surface area contributed by atoms with Crippen LogP contribution in [0.1, 0.15) is 35.7 Å². The van der Waals surface area contributed by atoms with Gasteiger partial charge in [0.05, 0.1) is 17.1 Å². The number of carboxylic acid groups (broad SMARTS) is 1. The second-order valence-corrected chi connectivity index (χ2v) is 9.08. The van der Waals surface area contributed by atoms with Crippen molar-refractivity contribution in [3.63, 3.8) is 0 Å². The number of nitrogens with zero attached hydrogens (tertiary/aromatic N) is 1. The number of rotatable bonds is 9. The van der Waals surface area contributed by atoms with E-state index >= 15 is 0 Å². The van der Waals surface area contributed by atoms with E-state index in [0.29, 0.717) is 27.8 Å². The predicted octanol–water partition coefficient (Wildman–Crippen LogP) is 3.19. The molecule has 3 N–H and O–H groups in total. The van der Waals surface area contributed by atoms with Gasteiger partial charge in [-0.3, -0.25) is 19.3 Å². The number of nitrogens with one attached hydrogen (secondary N) is 2. The Balaban J connectivity index is 1.67. The monoisotopic (exact) mass is 497 g/mol. The van der Waals surface area contributed by atoms with Crippen LogP contribution in [-0.4, -0.2) is 45.7 Å². The van der Waals surface area contributed by atoms with Crippen LogP contribution in [0.3, 0.4) is 0 Å². The van der Waals surface area contributed by atoms with Gasteiger partial charge in [0.25, 0.3) is 11.8 Å². The summed E-state index contributed by atoms with van der Waals surface area (Å²) >= 11 is 6.57. The Morgan fingerprint density at radius 3 is 2.56 bits per heavy atom. The van der Waals surface area contributed by atoms with Crippen molar-refractivity contribution in [2.45, 2.75) is 25.8 Å². The lowest BCUT2D eigenvalue weighted by Gasteiger charge is -2.16. The first kappa shape index (κ1) is 25.1. The molecule has 10 heteroatoms. The molecule has 0 saturated carbocycles. The molecular formula is C24H23N3O5S2. The summed E-state index contributed by atoms with van der Waals surface area (Å²) in [6, 6.07) is 14.7. The summed E-state index contributed by atoms with van der Waals surface area (Å²) in [4.78, 5) is 50.6. The summed E-state index contributed by atoms with van der Waals surface area (Å²) in [7, 11) is 0. The second-order valence-electron chi connectivity index (χ2n) is 7.41. The van der Waals surface area contributed by atoms with Gasteiger partial charge in [-0.15, -0.1) is 0 Å². The predicted molar refractivity (Wildman–Crippen MR) is 135 cm³/mol. The zero-order chi connectivity index (χ0) is 24.7. The van der Waals surface area contributed by atoms with Crippen LogP contribution in [0.25, 0.3) is 6.08 Å². The summed E-state index contributed by atoms with van der Waals surface area (Å²) in [5.41, 5.74) is 1.54. The van der Waals surface area contributed by atoms with E-state index in [9.17, 15) is 19.2 Å². The van der Waals surface area contributed by atoms with Crippen LogP contribution >= 0.6 is 24.0 Å². The SMILES string of the molecule is CCCC(NC(=O)CNC(=O)c1cccc(N2C(=O)/C(=C/c3ccccc3)SC2=S)c1)C(=O)O. The standard InChI is InChI=1S/C24H23N3O5S2/c1-2-7-18(23(31)32)26-20(28)14-25-21(29)16-10-6-11-17(13-16)27-22(30)19(34-24(27)33)12-15-8-4-3-5-9-15/h3-6,8-13,18H,2,7,14H2,1H3,(H,25,29)(H,26,28)(H,31,32)/b19-12-. The number of thiocarbonyl (C=S) groups is 1. The van der Waals surface area contributed by atoms with E-state index in [0.717, 1.165) is 5.56 Å². The fourth-order valence-electron chi connectivity index (χ4n) is 3.23. The molecule has 1 heterocycles. The minimum absolute atomic E-state index is 0.231. The van der Waals surface area contributed by atoms with Gasteiger partial charge in [-0.1, -0.05) is 73.7 Å². The summed E-state index contributed by atoms with van der Waals surface area (Å²) in [6.45, 7) is 1.43. The Kier molecular flexibility index (Phi) is 8.55. The Labute approximate surface area is 206 Å². The van der Waals surface area contributed by atoms with Gasteiger partial charge in [-0.05, 0) is 36.3 Å². The maximum Gasteiger partial charge on any atom is 0.326 e. The van der Waals surface area contributed by atoms with Gasteiger partial charge in [-0.25, -0.2) is 4.79 Å². The quantitative estimate of drug-likeness (QED) is 0.360. The summed E-state index contributed by atoms with van der Waals surface area (Å²) in [5, 5.41) is 14.0. The van der Waals surface area contributed by atoms with Crippen molar-refractivity contribution in [3.8, 4) is 0 Å². The fourth-order valence-corrected chi connectivity index (χ4v) is 4.53. The summed E-state index contributed by atoms with van der Waals surface area (Å²) in [5.74, 6) is -2.55. The van der Waals surface area contributed by atoms with Crippen LogP contribution in [0.2, 0.25) is 0 Å². The van der Waals surface area contributed by atoms with Crippen LogP contribution in [-0.2, 0) is 14.4 Å². The van der Waals surface area contributed by atoms with Gasteiger partial charge in [-0.2, -0.15) is 0 Å². The normalized spacial score (nSPS) is 15.3. The largest absolute Gasteiger partial charge is 0.480 e. The van der Waals surface area contributed by atoms with E-state index < -0.39 is 23.8 Å². The number of hydrogen-bond donors (Lipinski definition) is 3. The molecule has 2 aromatic carbocycles. The van der Waals surface area contributed by atoms with E-state index in [1.807, 2.05) is 37.3 Å². The molecule has 1 saturated heterocycles. The first-order chi connectivity index (χ1) is 16.3. The van der Waals surface area contributed by atoms with E-state index in [-0.39, 0.29) is 18.0 Å². The molecule has 0 aliphatic carbocycles. The highest BCUT2D eigenvalue weighted by Gasteiger charge is 2.33. The van der Waals surface area contributed by atoms with Crippen LogP contribution in [0.4, 0.5) is 5.69 Å². The van der Waals surface area contributed by atoms with Crippen molar-refractivity contribution >= 4 is 63.8 Å². The maximum absolute atomic E-state index is 13.0. The lowest BCUT2D eigenvalue weighted by molar-refractivity contribution is -0.141. The number of hydrogen-bond acceptors (Lipinski definition) is 6. The Hall–Kier alpha value is -3.50. The molecule has 2 aromatic rings. The third-order valence-electron chi connectivity index (χ3n) is 4.88. The fraction of sp³-hybridized carbons (Fsp3) is 0.208. The molecule has 0 bridgehead atoms. The molecule has 1 fully saturated rings. The average molecular weight is 498 g/mol. The zero-order valence-corrected chi connectivity index (χ0v) is 19.9. The molecular weight excluding hydrogens is 474 g/mol. The first-order valence-electron chi connectivity index (χ1n) is 10.5. The molecule has 3 amide bonds.